The summed E-state index contributed by atoms with van der Waals surface area (Å²) in [5.74, 6) is 0.957. The Kier molecular flexibility index (Phi) is 4.93. The maximum absolute atomic E-state index is 12.1. The monoisotopic (exact) mass is 350 g/mol. The minimum atomic E-state index is -0.0305. The van der Waals surface area contributed by atoms with Gasteiger partial charge in [0.05, 0.1) is 0 Å². The molecule has 4 rings (SSSR count). The lowest BCUT2D eigenvalue weighted by molar-refractivity contribution is 0.0956. The minimum Gasteiger partial charge on any atom is -0.492 e. The lowest BCUT2D eigenvalue weighted by Gasteiger charge is -2.32. The zero-order chi connectivity index (χ0) is 17.9. The van der Waals surface area contributed by atoms with Gasteiger partial charge in [0.15, 0.2) is 0 Å². The molecule has 0 saturated carbocycles. The smallest absolute Gasteiger partial charge is 0.251 e. The average molecular weight is 350 g/mol. The lowest BCUT2D eigenvalue weighted by atomic mass is 9.96. The summed E-state index contributed by atoms with van der Waals surface area (Å²) < 4.78 is 6.11. The molecule has 4 heteroatoms. The van der Waals surface area contributed by atoms with Crippen LogP contribution in [-0.4, -0.2) is 43.1 Å². The minimum absolute atomic E-state index is 0.0305. The van der Waals surface area contributed by atoms with Crippen LogP contribution in [0.3, 0.4) is 0 Å². The van der Waals surface area contributed by atoms with Crippen LogP contribution in [0.15, 0.2) is 42.5 Å². The summed E-state index contributed by atoms with van der Waals surface area (Å²) in [7, 11) is 0. The molecule has 1 fully saturated rings. The Balaban J connectivity index is 1.55. The fourth-order valence-electron chi connectivity index (χ4n) is 3.98. The number of ether oxygens (including phenoxy) is 1. The van der Waals surface area contributed by atoms with Crippen LogP contribution in [-0.2, 0) is 6.42 Å². The Morgan fingerprint density at radius 1 is 1.15 bits per heavy atom. The predicted molar refractivity (Wildman–Crippen MR) is 104 cm³/mol. The summed E-state index contributed by atoms with van der Waals surface area (Å²) in [5, 5.41) is 2.85. The van der Waals surface area contributed by atoms with Crippen molar-refractivity contribution in [2.45, 2.75) is 32.2 Å². The number of rotatable bonds is 4. The lowest BCUT2D eigenvalue weighted by Crippen LogP contribution is -2.41. The number of amides is 1. The van der Waals surface area contributed by atoms with Crippen molar-refractivity contribution in [2.24, 2.45) is 0 Å². The molecular weight excluding hydrogens is 324 g/mol. The van der Waals surface area contributed by atoms with E-state index in [1.807, 2.05) is 31.2 Å². The number of carbonyl (C=O) groups excluding carboxylic acids is 1. The molecule has 2 aliphatic rings. The standard InChI is InChI=1S/C22H26N2O2/c1-2-23-22(25)19-7-5-6-16(12-19)17-8-9-18-13-20(15-26-21(18)14-17)24-10-3-4-11-24/h5-9,12,14,20H,2-4,10-11,13,15H2,1H3,(H,23,25). The van der Waals surface area contributed by atoms with Gasteiger partial charge in [-0.3, -0.25) is 9.69 Å². The fourth-order valence-corrected chi connectivity index (χ4v) is 3.98. The van der Waals surface area contributed by atoms with Crippen molar-refractivity contribution in [1.29, 1.82) is 0 Å². The molecule has 136 valence electrons. The van der Waals surface area contributed by atoms with Crippen LogP contribution < -0.4 is 10.1 Å². The molecule has 0 aliphatic carbocycles. The van der Waals surface area contributed by atoms with Gasteiger partial charge in [0, 0.05) is 18.2 Å². The molecular formula is C22H26N2O2. The van der Waals surface area contributed by atoms with E-state index in [0.29, 0.717) is 18.2 Å². The van der Waals surface area contributed by atoms with Crippen molar-refractivity contribution in [1.82, 2.24) is 10.2 Å². The molecule has 1 amide bonds. The van der Waals surface area contributed by atoms with E-state index in [4.69, 9.17) is 4.74 Å². The molecule has 26 heavy (non-hydrogen) atoms. The molecule has 1 N–H and O–H groups in total. The number of nitrogens with zero attached hydrogens (tertiary/aromatic N) is 1. The molecule has 2 aromatic carbocycles. The van der Waals surface area contributed by atoms with Gasteiger partial charge in [0.1, 0.15) is 12.4 Å². The molecule has 2 aliphatic heterocycles. The number of carbonyl (C=O) groups is 1. The molecule has 0 spiro atoms. The quantitative estimate of drug-likeness (QED) is 0.918. The van der Waals surface area contributed by atoms with Crippen LogP contribution >= 0.6 is 0 Å². The highest BCUT2D eigenvalue weighted by Gasteiger charge is 2.27. The van der Waals surface area contributed by atoms with Gasteiger partial charge in [0.25, 0.3) is 5.91 Å². The first-order valence-electron chi connectivity index (χ1n) is 9.63. The third kappa shape index (κ3) is 3.47. The maximum atomic E-state index is 12.1. The van der Waals surface area contributed by atoms with Gasteiger partial charge < -0.3 is 10.1 Å². The van der Waals surface area contributed by atoms with Gasteiger partial charge in [-0.15, -0.1) is 0 Å². The van der Waals surface area contributed by atoms with Gasteiger partial charge in [-0.1, -0.05) is 24.3 Å². The highest BCUT2D eigenvalue weighted by molar-refractivity contribution is 5.95. The van der Waals surface area contributed by atoms with E-state index in [1.165, 1.54) is 31.5 Å². The molecule has 4 nitrogen and oxygen atoms in total. The zero-order valence-electron chi connectivity index (χ0n) is 15.3. The molecule has 1 unspecified atom stereocenters. The van der Waals surface area contributed by atoms with Gasteiger partial charge in [-0.2, -0.15) is 0 Å². The Hall–Kier alpha value is -2.33. The first kappa shape index (κ1) is 17.1. The third-order valence-corrected chi connectivity index (χ3v) is 5.41. The first-order chi connectivity index (χ1) is 12.7. The Morgan fingerprint density at radius 3 is 2.77 bits per heavy atom. The predicted octanol–water partition coefficient (Wildman–Crippen LogP) is 3.50. The molecule has 2 aromatic rings. The number of hydrogen-bond donors (Lipinski definition) is 1. The molecule has 0 aromatic heterocycles. The van der Waals surface area contributed by atoms with Gasteiger partial charge >= 0.3 is 0 Å². The van der Waals surface area contributed by atoms with Crippen LogP contribution in [0, 0.1) is 0 Å². The van der Waals surface area contributed by atoms with E-state index in [2.05, 4.69) is 28.4 Å². The van der Waals surface area contributed by atoms with Crippen molar-refractivity contribution in [3.63, 3.8) is 0 Å². The van der Waals surface area contributed by atoms with Gasteiger partial charge in [0.2, 0.25) is 0 Å². The number of likely N-dealkylation sites (tertiary alicyclic amines) is 1. The number of benzene rings is 2. The second kappa shape index (κ2) is 7.50. The van der Waals surface area contributed by atoms with Gasteiger partial charge in [-0.05, 0) is 74.2 Å². The summed E-state index contributed by atoms with van der Waals surface area (Å²) in [6, 6.07) is 14.7. The van der Waals surface area contributed by atoms with Crippen molar-refractivity contribution < 1.29 is 9.53 Å². The summed E-state index contributed by atoms with van der Waals surface area (Å²) in [4.78, 5) is 14.6. The van der Waals surface area contributed by atoms with E-state index in [-0.39, 0.29) is 5.91 Å². The molecule has 2 heterocycles. The van der Waals surface area contributed by atoms with E-state index in [0.717, 1.165) is 29.9 Å². The van der Waals surface area contributed by atoms with Crippen LogP contribution in [0.25, 0.3) is 11.1 Å². The normalized spacial score (nSPS) is 19.7. The highest BCUT2D eigenvalue weighted by atomic mass is 16.5. The van der Waals surface area contributed by atoms with E-state index in [1.54, 1.807) is 0 Å². The van der Waals surface area contributed by atoms with Crippen molar-refractivity contribution in [3.05, 3.63) is 53.6 Å². The average Bonchev–Trinajstić information content (AvgIpc) is 3.22. The van der Waals surface area contributed by atoms with Crippen LogP contribution in [0.1, 0.15) is 35.7 Å². The molecule has 0 bridgehead atoms. The Morgan fingerprint density at radius 2 is 1.96 bits per heavy atom. The van der Waals surface area contributed by atoms with Crippen molar-refractivity contribution >= 4 is 5.91 Å². The van der Waals surface area contributed by atoms with Crippen LogP contribution in [0.5, 0.6) is 5.75 Å². The number of nitrogens with one attached hydrogen (secondary N) is 1. The van der Waals surface area contributed by atoms with E-state index < -0.39 is 0 Å². The summed E-state index contributed by atoms with van der Waals surface area (Å²) in [6.07, 6.45) is 3.68. The molecule has 0 radical (unpaired) electrons. The largest absolute Gasteiger partial charge is 0.492 e. The Labute approximate surface area is 155 Å². The number of hydrogen-bond acceptors (Lipinski definition) is 3. The van der Waals surface area contributed by atoms with Crippen molar-refractivity contribution in [3.8, 4) is 16.9 Å². The van der Waals surface area contributed by atoms with E-state index >= 15 is 0 Å². The highest BCUT2D eigenvalue weighted by Crippen LogP contribution is 2.32. The number of fused-ring (bicyclic) bond motifs is 1. The molecule has 1 atom stereocenters. The topological polar surface area (TPSA) is 41.6 Å². The second-order valence-electron chi connectivity index (χ2n) is 7.17. The third-order valence-electron chi connectivity index (χ3n) is 5.41. The molecule has 1 saturated heterocycles. The first-order valence-corrected chi connectivity index (χ1v) is 9.63. The van der Waals surface area contributed by atoms with Gasteiger partial charge in [-0.25, -0.2) is 0 Å². The van der Waals surface area contributed by atoms with Crippen LogP contribution in [0.2, 0.25) is 0 Å². The summed E-state index contributed by atoms with van der Waals surface area (Å²) in [6.45, 7) is 5.74. The Bertz CT molecular complexity index is 796. The maximum Gasteiger partial charge on any atom is 0.251 e. The van der Waals surface area contributed by atoms with E-state index in [9.17, 15) is 4.79 Å². The summed E-state index contributed by atoms with van der Waals surface area (Å²) >= 11 is 0. The van der Waals surface area contributed by atoms with Crippen LogP contribution in [0.4, 0.5) is 0 Å². The SMILES string of the molecule is CCNC(=O)c1cccc(-c2ccc3c(c2)OCC(N2CCCC2)C3)c1. The fraction of sp³-hybridized carbons (Fsp3) is 0.409. The second-order valence-corrected chi connectivity index (χ2v) is 7.17. The summed E-state index contributed by atoms with van der Waals surface area (Å²) in [5.41, 5.74) is 4.12. The zero-order valence-corrected chi connectivity index (χ0v) is 15.3. The van der Waals surface area contributed by atoms with Crippen molar-refractivity contribution in [2.75, 3.05) is 26.2 Å².